The largest absolute Gasteiger partial charge is 0.507 e. The Hall–Kier alpha value is -4.03. The number of halogens is 4. The topological polar surface area (TPSA) is 91.6 Å². The molecule has 8 nitrogen and oxygen atoms in total. The van der Waals surface area contributed by atoms with E-state index in [2.05, 4.69) is 16.5 Å². The van der Waals surface area contributed by atoms with E-state index in [1.165, 1.54) is 17.8 Å². The number of aromatic nitrogens is 3. The fourth-order valence-corrected chi connectivity index (χ4v) is 7.62. The van der Waals surface area contributed by atoms with Crippen molar-refractivity contribution in [3.8, 4) is 22.6 Å². The van der Waals surface area contributed by atoms with Gasteiger partial charge in [0.25, 0.3) is 0 Å². The van der Waals surface area contributed by atoms with E-state index in [0.717, 1.165) is 16.7 Å². The first-order chi connectivity index (χ1) is 21.0. The minimum Gasteiger partial charge on any atom is -0.507 e. The number of thioether (sulfide) groups is 1. The molecule has 1 unspecified atom stereocenters. The molecule has 2 aromatic carbocycles. The van der Waals surface area contributed by atoms with E-state index in [-0.39, 0.29) is 51.1 Å². The molecule has 1 saturated heterocycles. The number of hydrogen-bond donors (Lipinski definition) is 1. The highest BCUT2D eigenvalue weighted by Crippen LogP contribution is 2.51. The lowest BCUT2D eigenvalue weighted by molar-refractivity contribution is -0.126. The number of piperazine rings is 1. The summed E-state index contributed by atoms with van der Waals surface area (Å²) in [5.41, 5.74) is -1.01. The zero-order valence-electron chi connectivity index (χ0n) is 24.0. The average molecular weight is 642 g/mol. The zero-order chi connectivity index (χ0) is 31.6. The molecular weight excluding hydrogens is 615 g/mol. The Morgan fingerprint density at radius 3 is 2.64 bits per heavy atom. The van der Waals surface area contributed by atoms with Gasteiger partial charge in [-0.25, -0.2) is 18.0 Å². The summed E-state index contributed by atoms with van der Waals surface area (Å²) in [6.45, 7) is 9.96. The van der Waals surface area contributed by atoms with Crippen molar-refractivity contribution in [3.63, 3.8) is 0 Å². The lowest BCUT2D eigenvalue weighted by atomic mass is 9.99. The molecule has 2 aliphatic heterocycles. The van der Waals surface area contributed by atoms with Crippen LogP contribution in [0, 0.1) is 24.4 Å². The molecule has 1 N–H and O–H groups in total. The standard InChI is InChI=1S/C31H27ClF3N5O3S/c1-5-19(42)38-10-11-39-16(12-38)13-44-29-22-28(25(35)21(23(29)32)20-18(41)7-6-17(33)24(20)34)40(31(43)37-30(22)39)27-15(4)8-9-36-26(27)14(2)3/h5-9,14,16,41H,1,10-13H2,2-4H3. The molecule has 0 bridgehead atoms. The maximum atomic E-state index is 17.2. The van der Waals surface area contributed by atoms with Gasteiger partial charge in [-0.1, -0.05) is 32.0 Å². The molecule has 2 aliphatic rings. The maximum absolute atomic E-state index is 17.2. The highest BCUT2D eigenvalue weighted by molar-refractivity contribution is 7.99. The first kappa shape index (κ1) is 30.0. The molecule has 228 valence electrons. The number of amides is 1. The van der Waals surface area contributed by atoms with Crippen LogP contribution in [0.15, 0.2) is 46.7 Å². The van der Waals surface area contributed by atoms with Gasteiger partial charge in [0.15, 0.2) is 17.5 Å². The number of aryl methyl sites for hydroxylation is 1. The number of phenolic OH excluding ortho intramolecular Hbond substituents is 1. The van der Waals surface area contributed by atoms with Crippen molar-refractivity contribution in [2.24, 2.45) is 0 Å². The minimum atomic E-state index is -1.49. The van der Waals surface area contributed by atoms with Crippen LogP contribution in [0.5, 0.6) is 5.75 Å². The number of fused-ring (bicyclic) bond motifs is 2. The predicted molar refractivity (Wildman–Crippen MR) is 165 cm³/mol. The van der Waals surface area contributed by atoms with E-state index in [1.54, 1.807) is 24.1 Å². The summed E-state index contributed by atoms with van der Waals surface area (Å²) in [6, 6.07) is 2.98. The summed E-state index contributed by atoms with van der Waals surface area (Å²) in [6.07, 6.45) is 2.82. The van der Waals surface area contributed by atoms with E-state index >= 15 is 8.78 Å². The molecule has 13 heteroatoms. The van der Waals surface area contributed by atoms with Gasteiger partial charge in [0.2, 0.25) is 5.91 Å². The van der Waals surface area contributed by atoms with Gasteiger partial charge in [0, 0.05) is 42.0 Å². The number of carbonyl (C=O) groups excluding carboxylic acids is 1. The van der Waals surface area contributed by atoms with Crippen LogP contribution in [0.1, 0.15) is 31.0 Å². The SMILES string of the molecule is C=CC(=O)N1CCN2c3nc(=O)n(-c4c(C)ccnc4C(C)C)c4c(F)c(-c5c(O)ccc(F)c5F)c(Cl)c(c34)SCC2C1. The Labute approximate surface area is 259 Å². The smallest absolute Gasteiger partial charge is 0.354 e. The number of hydrogen-bond acceptors (Lipinski definition) is 7. The normalized spacial score (nSPS) is 16.3. The second kappa shape index (κ2) is 11.2. The molecule has 4 heterocycles. The molecule has 2 aromatic heterocycles. The number of benzene rings is 2. The highest BCUT2D eigenvalue weighted by atomic mass is 35.5. The predicted octanol–water partition coefficient (Wildman–Crippen LogP) is 5.96. The van der Waals surface area contributed by atoms with Crippen molar-refractivity contribution in [1.82, 2.24) is 19.4 Å². The fourth-order valence-electron chi connectivity index (χ4n) is 5.98. The molecule has 44 heavy (non-hydrogen) atoms. The van der Waals surface area contributed by atoms with Gasteiger partial charge >= 0.3 is 5.69 Å². The zero-order valence-corrected chi connectivity index (χ0v) is 25.6. The number of rotatable bonds is 4. The minimum absolute atomic E-state index is 0.167. The van der Waals surface area contributed by atoms with E-state index < -0.39 is 40.0 Å². The summed E-state index contributed by atoms with van der Waals surface area (Å²) in [5.74, 6) is -4.59. The van der Waals surface area contributed by atoms with Crippen molar-refractivity contribution >= 4 is 46.0 Å². The molecule has 1 fully saturated rings. The van der Waals surface area contributed by atoms with Gasteiger partial charge in [0.05, 0.1) is 38.9 Å². The number of aromatic hydroxyl groups is 1. The van der Waals surface area contributed by atoms with Crippen molar-refractivity contribution in [3.05, 3.63) is 81.3 Å². The van der Waals surface area contributed by atoms with Crippen LogP contribution >= 0.6 is 23.4 Å². The number of carbonyl (C=O) groups is 1. The maximum Gasteiger partial charge on any atom is 0.354 e. The van der Waals surface area contributed by atoms with E-state index in [9.17, 15) is 19.1 Å². The Morgan fingerprint density at radius 1 is 1.18 bits per heavy atom. The second-order valence-electron chi connectivity index (χ2n) is 11.0. The lowest BCUT2D eigenvalue weighted by Gasteiger charge is -2.41. The van der Waals surface area contributed by atoms with Crippen LogP contribution in [0.3, 0.4) is 0 Å². The van der Waals surface area contributed by atoms with Crippen LogP contribution in [0.4, 0.5) is 19.0 Å². The number of anilines is 1. The fraction of sp³-hybridized carbons (Fsp3) is 0.290. The lowest BCUT2D eigenvalue weighted by Crippen LogP contribution is -2.56. The third-order valence-corrected chi connectivity index (χ3v) is 9.80. The summed E-state index contributed by atoms with van der Waals surface area (Å²) in [4.78, 5) is 39.3. The van der Waals surface area contributed by atoms with Gasteiger partial charge in [-0.3, -0.25) is 14.3 Å². The highest BCUT2D eigenvalue weighted by Gasteiger charge is 2.38. The molecule has 4 aromatic rings. The van der Waals surface area contributed by atoms with Gasteiger partial charge in [-0.2, -0.15) is 4.98 Å². The molecule has 0 spiro atoms. The molecule has 1 atom stereocenters. The van der Waals surface area contributed by atoms with Gasteiger partial charge in [-0.15, -0.1) is 11.8 Å². The van der Waals surface area contributed by atoms with Crippen molar-refractivity contribution in [2.75, 3.05) is 30.3 Å². The van der Waals surface area contributed by atoms with Crippen molar-refractivity contribution in [1.29, 1.82) is 0 Å². The van der Waals surface area contributed by atoms with E-state index in [1.807, 2.05) is 18.7 Å². The van der Waals surface area contributed by atoms with Crippen LogP contribution < -0.4 is 10.6 Å². The Kier molecular flexibility index (Phi) is 7.61. The van der Waals surface area contributed by atoms with Crippen LogP contribution in [-0.2, 0) is 4.79 Å². The van der Waals surface area contributed by atoms with Crippen molar-refractivity contribution < 1.29 is 23.1 Å². The Morgan fingerprint density at radius 2 is 1.93 bits per heavy atom. The summed E-state index contributed by atoms with van der Waals surface area (Å²) in [7, 11) is 0. The summed E-state index contributed by atoms with van der Waals surface area (Å²) >= 11 is 8.09. The third-order valence-electron chi connectivity index (χ3n) is 8.06. The molecule has 0 aliphatic carbocycles. The Bertz CT molecular complexity index is 1950. The van der Waals surface area contributed by atoms with Crippen LogP contribution in [0.25, 0.3) is 27.7 Å². The molecule has 1 amide bonds. The quantitative estimate of drug-likeness (QED) is 0.275. The first-order valence-electron chi connectivity index (χ1n) is 13.9. The van der Waals surface area contributed by atoms with Crippen LogP contribution in [0.2, 0.25) is 5.02 Å². The van der Waals surface area contributed by atoms with Gasteiger partial charge in [-0.05, 0) is 42.7 Å². The summed E-state index contributed by atoms with van der Waals surface area (Å²) in [5, 5.41) is 10.6. The number of phenols is 1. The van der Waals surface area contributed by atoms with Gasteiger partial charge in [0.1, 0.15) is 11.6 Å². The molecule has 0 saturated carbocycles. The molecule has 0 radical (unpaired) electrons. The van der Waals surface area contributed by atoms with Crippen LogP contribution in [-0.4, -0.2) is 61.9 Å². The summed E-state index contributed by atoms with van der Waals surface area (Å²) < 4.78 is 48.2. The molecular formula is C31H27ClF3N5O3S. The van der Waals surface area contributed by atoms with E-state index in [4.69, 9.17) is 11.6 Å². The average Bonchev–Trinajstić information content (AvgIpc) is 3.15. The first-order valence-corrected chi connectivity index (χ1v) is 15.2. The van der Waals surface area contributed by atoms with Gasteiger partial charge < -0.3 is 14.9 Å². The van der Waals surface area contributed by atoms with E-state index in [0.29, 0.717) is 35.8 Å². The second-order valence-corrected chi connectivity index (χ2v) is 12.4. The monoisotopic (exact) mass is 641 g/mol. The molecule has 6 rings (SSSR count). The number of nitrogens with zero attached hydrogens (tertiary/aromatic N) is 5. The Balaban J connectivity index is 1.77. The van der Waals surface area contributed by atoms with Crippen molar-refractivity contribution in [2.45, 2.75) is 37.6 Å². The third kappa shape index (κ3) is 4.54. The number of pyridine rings is 1.